The average molecular weight is 534 g/mol. The van der Waals surface area contributed by atoms with Gasteiger partial charge in [0.15, 0.2) is 0 Å². The largest absolute Gasteiger partial charge is 0.383 e. The summed E-state index contributed by atoms with van der Waals surface area (Å²) < 4.78 is 8.92. The summed E-state index contributed by atoms with van der Waals surface area (Å²) in [6, 6.07) is 13.7. The standard InChI is InChI=1S/C28H32ClN7O2/c1-19-25(36(22-7-5-4-6-8-22)33-28(19)21-15-31-34(2)16-21)14-27(37)32-24-18-35(11-12-38-3)17-23(24)20-9-10-30-26(29)13-20/h4-10,13,15-16,23-24H,11-12,14,17-18H2,1-3H3,(H,32,37)/t23-,24+/m0/s1. The van der Waals surface area contributed by atoms with Gasteiger partial charge in [0.2, 0.25) is 5.91 Å². The van der Waals surface area contributed by atoms with Crippen LogP contribution in [0.5, 0.6) is 0 Å². The lowest BCUT2D eigenvalue weighted by Gasteiger charge is -2.20. The molecule has 1 saturated heterocycles. The highest BCUT2D eigenvalue weighted by Gasteiger charge is 2.35. The molecule has 1 aromatic carbocycles. The topological polar surface area (TPSA) is 90.1 Å². The summed E-state index contributed by atoms with van der Waals surface area (Å²) in [5.41, 5.74) is 5.53. The quantitative estimate of drug-likeness (QED) is 0.332. The van der Waals surface area contributed by atoms with E-state index in [0.29, 0.717) is 11.8 Å². The molecule has 1 amide bonds. The number of carbonyl (C=O) groups is 1. The van der Waals surface area contributed by atoms with Crippen LogP contribution >= 0.6 is 11.6 Å². The highest BCUT2D eigenvalue weighted by atomic mass is 35.5. The molecule has 5 rings (SSSR count). The van der Waals surface area contributed by atoms with Gasteiger partial charge in [0, 0.05) is 63.7 Å². The van der Waals surface area contributed by atoms with E-state index in [1.807, 2.05) is 67.3 Å². The van der Waals surface area contributed by atoms with E-state index in [4.69, 9.17) is 21.4 Å². The van der Waals surface area contributed by atoms with Gasteiger partial charge in [-0.15, -0.1) is 0 Å². The van der Waals surface area contributed by atoms with Crippen molar-refractivity contribution in [3.63, 3.8) is 0 Å². The van der Waals surface area contributed by atoms with Crippen LogP contribution in [0.4, 0.5) is 0 Å². The minimum absolute atomic E-state index is 0.0494. The highest BCUT2D eigenvalue weighted by molar-refractivity contribution is 6.29. The number of methoxy groups -OCH3 is 1. The Balaban J connectivity index is 1.41. The van der Waals surface area contributed by atoms with Gasteiger partial charge in [-0.05, 0) is 42.3 Å². The van der Waals surface area contributed by atoms with Crippen molar-refractivity contribution in [1.29, 1.82) is 0 Å². The zero-order valence-corrected chi connectivity index (χ0v) is 22.6. The highest BCUT2D eigenvalue weighted by Crippen LogP contribution is 2.30. The monoisotopic (exact) mass is 533 g/mol. The Labute approximate surface area is 227 Å². The third-order valence-corrected chi connectivity index (χ3v) is 7.29. The van der Waals surface area contributed by atoms with Gasteiger partial charge in [-0.25, -0.2) is 9.67 Å². The van der Waals surface area contributed by atoms with Crippen molar-refractivity contribution in [3.8, 4) is 16.9 Å². The van der Waals surface area contributed by atoms with Crippen molar-refractivity contribution in [2.45, 2.75) is 25.3 Å². The van der Waals surface area contributed by atoms with Gasteiger partial charge in [0.05, 0.1) is 36.3 Å². The normalized spacial score (nSPS) is 17.7. The number of nitrogens with zero attached hydrogens (tertiary/aromatic N) is 6. The van der Waals surface area contributed by atoms with Crippen LogP contribution in [0.2, 0.25) is 5.15 Å². The molecule has 0 aliphatic carbocycles. The molecule has 0 saturated carbocycles. The van der Waals surface area contributed by atoms with Gasteiger partial charge in [-0.1, -0.05) is 29.8 Å². The number of halogens is 1. The molecule has 10 heteroatoms. The maximum Gasteiger partial charge on any atom is 0.226 e. The molecule has 1 aliphatic heterocycles. The number of aryl methyl sites for hydroxylation is 1. The van der Waals surface area contributed by atoms with Crippen molar-refractivity contribution in [2.24, 2.45) is 7.05 Å². The van der Waals surface area contributed by atoms with Gasteiger partial charge < -0.3 is 10.1 Å². The number of pyridine rings is 1. The predicted molar refractivity (Wildman–Crippen MR) is 146 cm³/mol. The summed E-state index contributed by atoms with van der Waals surface area (Å²) in [5, 5.41) is 13.0. The molecule has 1 N–H and O–H groups in total. The van der Waals surface area contributed by atoms with Crippen molar-refractivity contribution >= 4 is 17.5 Å². The molecule has 38 heavy (non-hydrogen) atoms. The number of carbonyl (C=O) groups excluding carboxylic acids is 1. The minimum atomic E-state index is -0.0657. The average Bonchev–Trinajstić information content (AvgIpc) is 3.61. The number of amides is 1. The van der Waals surface area contributed by atoms with E-state index in [1.165, 1.54) is 0 Å². The van der Waals surface area contributed by atoms with Gasteiger partial charge in [0.25, 0.3) is 0 Å². The van der Waals surface area contributed by atoms with Crippen molar-refractivity contribution < 1.29 is 9.53 Å². The van der Waals surface area contributed by atoms with E-state index in [2.05, 4.69) is 20.3 Å². The molecule has 0 spiro atoms. The number of hydrogen-bond donors (Lipinski definition) is 1. The number of para-hydroxylation sites is 1. The van der Waals surface area contributed by atoms with E-state index in [1.54, 1.807) is 24.2 Å². The molecule has 3 aromatic heterocycles. The molecule has 9 nitrogen and oxygen atoms in total. The first kappa shape index (κ1) is 26.1. The van der Waals surface area contributed by atoms with Crippen LogP contribution in [0.25, 0.3) is 16.9 Å². The summed E-state index contributed by atoms with van der Waals surface area (Å²) >= 11 is 6.20. The first-order valence-electron chi connectivity index (χ1n) is 12.7. The summed E-state index contributed by atoms with van der Waals surface area (Å²) in [6.07, 6.45) is 5.65. The molecular weight excluding hydrogens is 502 g/mol. The Morgan fingerprint density at radius 3 is 2.74 bits per heavy atom. The number of ether oxygens (including phenoxy) is 1. The van der Waals surface area contributed by atoms with E-state index < -0.39 is 0 Å². The Bertz CT molecular complexity index is 1400. The lowest BCUT2D eigenvalue weighted by atomic mass is 9.95. The number of benzene rings is 1. The lowest BCUT2D eigenvalue weighted by Crippen LogP contribution is -2.41. The van der Waals surface area contributed by atoms with Crippen LogP contribution in [0.15, 0.2) is 61.1 Å². The van der Waals surface area contributed by atoms with Crippen LogP contribution < -0.4 is 5.32 Å². The van der Waals surface area contributed by atoms with E-state index in [0.717, 1.165) is 53.4 Å². The summed E-state index contributed by atoms with van der Waals surface area (Å²) in [5.74, 6) is 0.0500. The van der Waals surface area contributed by atoms with Gasteiger partial charge in [0.1, 0.15) is 5.15 Å². The van der Waals surface area contributed by atoms with Gasteiger partial charge in [-0.3, -0.25) is 14.4 Å². The van der Waals surface area contributed by atoms with Gasteiger partial charge >= 0.3 is 0 Å². The number of hydrogen-bond acceptors (Lipinski definition) is 6. The molecule has 1 fully saturated rings. The molecule has 1 aliphatic rings. The lowest BCUT2D eigenvalue weighted by molar-refractivity contribution is -0.121. The minimum Gasteiger partial charge on any atom is -0.383 e. The number of aromatic nitrogens is 5. The van der Waals surface area contributed by atoms with E-state index >= 15 is 0 Å². The third kappa shape index (κ3) is 5.65. The van der Waals surface area contributed by atoms with Crippen LogP contribution in [-0.2, 0) is 23.0 Å². The predicted octanol–water partition coefficient (Wildman–Crippen LogP) is 3.40. The summed E-state index contributed by atoms with van der Waals surface area (Å²) in [4.78, 5) is 20.0. The van der Waals surface area contributed by atoms with Crippen molar-refractivity contribution in [2.75, 3.05) is 33.4 Å². The third-order valence-electron chi connectivity index (χ3n) is 7.08. The molecule has 4 aromatic rings. The number of rotatable bonds is 9. The van der Waals surface area contributed by atoms with Crippen molar-refractivity contribution in [3.05, 3.63) is 83.0 Å². The number of nitrogens with one attached hydrogen (secondary N) is 1. The second-order valence-corrected chi connectivity index (χ2v) is 10.1. The fourth-order valence-electron chi connectivity index (χ4n) is 5.17. The zero-order valence-electron chi connectivity index (χ0n) is 21.8. The smallest absolute Gasteiger partial charge is 0.226 e. The van der Waals surface area contributed by atoms with Crippen LogP contribution in [0, 0.1) is 6.92 Å². The van der Waals surface area contributed by atoms with Crippen LogP contribution in [0.3, 0.4) is 0 Å². The summed E-state index contributed by atoms with van der Waals surface area (Å²) in [7, 11) is 3.58. The molecule has 4 heterocycles. The van der Waals surface area contributed by atoms with Gasteiger partial charge in [-0.2, -0.15) is 10.2 Å². The molecule has 0 radical (unpaired) electrons. The van der Waals surface area contributed by atoms with E-state index in [-0.39, 0.29) is 24.3 Å². The SMILES string of the molecule is COCCN1C[C@@H](NC(=O)Cc2c(C)c(-c3cnn(C)c3)nn2-c2ccccc2)[C@H](c2ccnc(Cl)c2)C1. The van der Waals surface area contributed by atoms with Crippen LogP contribution in [-0.4, -0.2) is 74.7 Å². The number of likely N-dealkylation sites (tertiary alicyclic amines) is 1. The zero-order chi connectivity index (χ0) is 26.6. The second-order valence-electron chi connectivity index (χ2n) is 9.69. The maximum atomic E-state index is 13.6. The first-order valence-corrected chi connectivity index (χ1v) is 13.1. The van der Waals surface area contributed by atoms with Crippen molar-refractivity contribution in [1.82, 2.24) is 34.8 Å². The maximum absolute atomic E-state index is 13.6. The molecule has 2 atom stereocenters. The fourth-order valence-corrected chi connectivity index (χ4v) is 5.35. The Kier molecular flexibility index (Phi) is 7.87. The molecule has 198 valence electrons. The van der Waals surface area contributed by atoms with Crippen LogP contribution in [0.1, 0.15) is 22.7 Å². The second kappa shape index (κ2) is 11.5. The molecular formula is C28H32ClN7O2. The summed E-state index contributed by atoms with van der Waals surface area (Å²) in [6.45, 7) is 4.99. The molecule has 0 bridgehead atoms. The Hall–Kier alpha value is -3.53. The fraction of sp³-hybridized carbons (Fsp3) is 0.357. The Morgan fingerprint density at radius 1 is 1.21 bits per heavy atom. The first-order chi connectivity index (χ1) is 18.4. The molecule has 0 unspecified atom stereocenters. The van der Waals surface area contributed by atoms with E-state index in [9.17, 15) is 4.79 Å². The Morgan fingerprint density at radius 2 is 2.03 bits per heavy atom.